The SMILES string of the molecule is CC1CCCCCCCCCCCCCCCCCC(=O)O1. The van der Waals surface area contributed by atoms with Gasteiger partial charge >= 0.3 is 5.97 Å². The summed E-state index contributed by atoms with van der Waals surface area (Å²) < 4.78 is 5.49. The molecular weight excluding hydrogens is 272 g/mol. The lowest BCUT2D eigenvalue weighted by molar-refractivity contribution is -0.148. The van der Waals surface area contributed by atoms with E-state index in [2.05, 4.69) is 0 Å². The maximum atomic E-state index is 11.7. The van der Waals surface area contributed by atoms with Crippen molar-refractivity contribution in [3.63, 3.8) is 0 Å². The molecule has 1 aliphatic rings. The summed E-state index contributed by atoms with van der Waals surface area (Å²) in [5.41, 5.74) is 0. The number of carbonyl (C=O) groups is 1. The van der Waals surface area contributed by atoms with Crippen molar-refractivity contribution in [2.75, 3.05) is 0 Å². The Morgan fingerprint density at radius 3 is 1.45 bits per heavy atom. The Morgan fingerprint density at radius 2 is 1.00 bits per heavy atom. The summed E-state index contributed by atoms with van der Waals surface area (Å²) >= 11 is 0. The van der Waals surface area contributed by atoms with Crippen LogP contribution in [-0.2, 0) is 9.53 Å². The van der Waals surface area contributed by atoms with Crippen molar-refractivity contribution >= 4 is 5.97 Å². The van der Waals surface area contributed by atoms with E-state index >= 15 is 0 Å². The first kappa shape index (κ1) is 19.5. The molecule has 0 N–H and O–H groups in total. The fraction of sp³-hybridized carbons (Fsp3) is 0.950. The van der Waals surface area contributed by atoms with Gasteiger partial charge in [-0.2, -0.15) is 0 Å². The molecule has 0 aromatic carbocycles. The van der Waals surface area contributed by atoms with Crippen molar-refractivity contribution in [2.45, 2.75) is 122 Å². The third-order valence-electron chi connectivity index (χ3n) is 4.82. The lowest BCUT2D eigenvalue weighted by Gasteiger charge is -2.13. The van der Waals surface area contributed by atoms with Crippen LogP contribution >= 0.6 is 0 Å². The van der Waals surface area contributed by atoms with Crippen LogP contribution in [-0.4, -0.2) is 12.1 Å². The monoisotopic (exact) mass is 310 g/mol. The van der Waals surface area contributed by atoms with E-state index in [1.165, 1.54) is 89.9 Å². The van der Waals surface area contributed by atoms with Crippen LogP contribution in [0.5, 0.6) is 0 Å². The Morgan fingerprint density at radius 1 is 0.636 bits per heavy atom. The van der Waals surface area contributed by atoms with Crippen LogP contribution in [0.3, 0.4) is 0 Å². The molecule has 1 unspecified atom stereocenters. The molecule has 0 aliphatic carbocycles. The highest BCUT2D eigenvalue weighted by Gasteiger charge is 2.09. The fourth-order valence-corrected chi connectivity index (χ4v) is 3.34. The maximum absolute atomic E-state index is 11.7. The molecule has 2 nitrogen and oxygen atoms in total. The van der Waals surface area contributed by atoms with Crippen LogP contribution in [0.25, 0.3) is 0 Å². The van der Waals surface area contributed by atoms with E-state index in [1.54, 1.807) is 0 Å². The Kier molecular flexibility index (Phi) is 12.5. The van der Waals surface area contributed by atoms with E-state index in [0.717, 1.165) is 12.8 Å². The van der Waals surface area contributed by atoms with Gasteiger partial charge in [-0.15, -0.1) is 0 Å². The van der Waals surface area contributed by atoms with Crippen molar-refractivity contribution in [1.82, 2.24) is 0 Å². The number of hydrogen-bond donors (Lipinski definition) is 0. The molecule has 0 aromatic rings. The predicted molar refractivity (Wildman–Crippen MR) is 94.0 cm³/mol. The number of esters is 1. The minimum absolute atomic E-state index is 0.0157. The summed E-state index contributed by atoms with van der Waals surface area (Å²) in [6.07, 6.45) is 21.7. The zero-order valence-electron chi connectivity index (χ0n) is 14.9. The summed E-state index contributed by atoms with van der Waals surface area (Å²) in [6.45, 7) is 2.05. The van der Waals surface area contributed by atoms with Crippen LogP contribution in [0, 0.1) is 0 Å². The van der Waals surface area contributed by atoms with Crippen molar-refractivity contribution in [2.24, 2.45) is 0 Å². The van der Waals surface area contributed by atoms with E-state index in [9.17, 15) is 4.79 Å². The van der Waals surface area contributed by atoms with Crippen LogP contribution in [0.1, 0.15) is 116 Å². The first-order valence-electron chi connectivity index (χ1n) is 9.98. The second-order valence-electron chi connectivity index (χ2n) is 7.14. The Bertz CT molecular complexity index is 262. The minimum Gasteiger partial charge on any atom is -0.463 e. The highest BCUT2D eigenvalue weighted by atomic mass is 16.5. The van der Waals surface area contributed by atoms with Crippen LogP contribution in [0.15, 0.2) is 0 Å². The molecule has 1 atom stereocenters. The molecule has 0 spiro atoms. The van der Waals surface area contributed by atoms with Gasteiger partial charge in [0.1, 0.15) is 0 Å². The Hall–Kier alpha value is -0.530. The third-order valence-corrected chi connectivity index (χ3v) is 4.82. The van der Waals surface area contributed by atoms with E-state index in [0.29, 0.717) is 6.42 Å². The van der Waals surface area contributed by atoms with Gasteiger partial charge in [-0.1, -0.05) is 83.5 Å². The molecule has 1 saturated heterocycles. The average molecular weight is 311 g/mol. The molecule has 2 heteroatoms. The quantitative estimate of drug-likeness (QED) is 0.473. The summed E-state index contributed by atoms with van der Waals surface area (Å²) in [5.74, 6) is 0.0157. The molecular formula is C20H38O2. The molecule has 1 fully saturated rings. The topological polar surface area (TPSA) is 26.3 Å². The molecule has 130 valence electrons. The predicted octanol–water partition coefficient (Wildman–Crippen LogP) is 6.56. The van der Waals surface area contributed by atoms with Crippen LogP contribution in [0.4, 0.5) is 0 Å². The summed E-state index contributed by atoms with van der Waals surface area (Å²) in [6, 6.07) is 0. The molecule has 0 bridgehead atoms. The molecule has 22 heavy (non-hydrogen) atoms. The van der Waals surface area contributed by atoms with E-state index in [1.807, 2.05) is 6.92 Å². The summed E-state index contributed by atoms with van der Waals surface area (Å²) in [7, 11) is 0. The summed E-state index contributed by atoms with van der Waals surface area (Å²) in [5, 5.41) is 0. The number of hydrogen-bond acceptors (Lipinski definition) is 2. The first-order chi connectivity index (χ1) is 10.8. The Balaban J connectivity index is 2.18. The van der Waals surface area contributed by atoms with Gasteiger partial charge in [0.2, 0.25) is 0 Å². The maximum Gasteiger partial charge on any atom is 0.306 e. The smallest absolute Gasteiger partial charge is 0.306 e. The first-order valence-corrected chi connectivity index (χ1v) is 9.98. The van der Waals surface area contributed by atoms with Crippen molar-refractivity contribution in [1.29, 1.82) is 0 Å². The molecule has 1 heterocycles. The number of ether oxygens (including phenoxy) is 1. The Labute approximate surface area is 138 Å². The van der Waals surface area contributed by atoms with Crippen molar-refractivity contribution in [3.8, 4) is 0 Å². The standard InChI is InChI=1S/C20H38O2/c1-19-17-15-13-11-9-7-5-3-2-4-6-8-10-12-14-16-18-20(21)22-19/h19H,2-18H2,1H3. The van der Waals surface area contributed by atoms with Gasteiger partial charge in [-0.05, 0) is 26.2 Å². The molecule has 0 amide bonds. The molecule has 1 rings (SSSR count). The molecule has 0 aromatic heterocycles. The second kappa shape index (κ2) is 14.1. The second-order valence-corrected chi connectivity index (χ2v) is 7.14. The highest BCUT2D eigenvalue weighted by molar-refractivity contribution is 5.69. The third kappa shape index (κ3) is 12.1. The number of cyclic esters (lactones) is 1. The van der Waals surface area contributed by atoms with E-state index < -0.39 is 0 Å². The molecule has 0 radical (unpaired) electrons. The lowest BCUT2D eigenvalue weighted by atomic mass is 10.0. The summed E-state index contributed by atoms with van der Waals surface area (Å²) in [4.78, 5) is 11.7. The van der Waals surface area contributed by atoms with Gasteiger partial charge in [-0.25, -0.2) is 0 Å². The minimum atomic E-state index is 0.0157. The lowest BCUT2D eigenvalue weighted by Crippen LogP contribution is -2.14. The van der Waals surface area contributed by atoms with Crippen molar-refractivity contribution < 1.29 is 9.53 Å². The van der Waals surface area contributed by atoms with Gasteiger partial charge in [0.05, 0.1) is 6.10 Å². The van der Waals surface area contributed by atoms with Gasteiger partial charge in [0.15, 0.2) is 0 Å². The van der Waals surface area contributed by atoms with E-state index in [4.69, 9.17) is 4.74 Å². The highest BCUT2D eigenvalue weighted by Crippen LogP contribution is 2.15. The van der Waals surface area contributed by atoms with Gasteiger partial charge in [0, 0.05) is 6.42 Å². The molecule has 1 aliphatic heterocycles. The van der Waals surface area contributed by atoms with Gasteiger partial charge in [-0.3, -0.25) is 4.79 Å². The largest absolute Gasteiger partial charge is 0.463 e. The fourth-order valence-electron chi connectivity index (χ4n) is 3.34. The number of rotatable bonds is 0. The number of carbonyl (C=O) groups excluding carboxylic acids is 1. The van der Waals surface area contributed by atoms with Crippen molar-refractivity contribution in [3.05, 3.63) is 0 Å². The molecule has 0 saturated carbocycles. The van der Waals surface area contributed by atoms with Gasteiger partial charge < -0.3 is 4.74 Å². The van der Waals surface area contributed by atoms with Crippen LogP contribution in [0.2, 0.25) is 0 Å². The zero-order chi connectivity index (χ0) is 15.9. The zero-order valence-corrected chi connectivity index (χ0v) is 14.9. The average Bonchev–Trinajstić information content (AvgIpc) is 2.49. The van der Waals surface area contributed by atoms with E-state index in [-0.39, 0.29) is 12.1 Å². The normalized spacial score (nSPS) is 26.0. The van der Waals surface area contributed by atoms with Gasteiger partial charge in [0.25, 0.3) is 0 Å². The van der Waals surface area contributed by atoms with Crippen LogP contribution < -0.4 is 0 Å².